The highest BCUT2D eigenvalue weighted by Gasteiger charge is 2.32. The van der Waals surface area contributed by atoms with Crippen LogP contribution in [0.25, 0.3) is 0 Å². The van der Waals surface area contributed by atoms with Crippen molar-refractivity contribution in [1.82, 2.24) is 0 Å². The fourth-order valence-electron chi connectivity index (χ4n) is 1.62. The molecular formula is C12H12F3NO2. The van der Waals surface area contributed by atoms with E-state index in [1.807, 2.05) is 0 Å². The number of carbonyl (C=O) groups is 1. The molecule has 0 spiro atoms. The van der Waals surface area contributed by atoms with Crippen molar-refractivity contribution in [3.8, 4) is 5.75 Å². The van der Waals surface area contributed by atoms with Gasteiger partial charge < -0.3 is 9.64 Å². The van der Waals surface area contributed by atoms with Crippen LogP contribution >= 0.6 is 0 Å². The van der Waals surface area contributed by atoms with E-state index in [0.717, 1.165) is 25.0 Å². The van der Waals surface area contributed by atoms with Crippen LogP contribution in [-0.2, 0) is 4.79 Å². The number of halogens is 3. The zero-order valence-electron chi connectivity index (χ0n) is 9.70. The molecule has 1 aliphatic rings. The fourth-order valence-corrected chi connectivity index (χ4v) is 1.62. The molecule has 0 saturated heterocycles. The van der Waals surface area contributed by atoms with E-state index in [1.165, 1.54) is 18.0 Å². The zero-order valence-corrected chi connectivity index (χ0v) is 9.70. The van der Waals surface area contributed by atoms with Crippen LogP contribution in [0.3, 0.4) is 0 Å². The van der Waals surface area contributed by atoms with Gasteiger partial charge in [0.2, 0.25) is 5.91 Å². The monoisotopic (exact) mass is 259 g/mol. The Hall–Kier alpha value is -1.72. The minimum Gasteiger partial charge on any atom is -0.432 e. The Bertz CT molecular complexity index is 461. The third-order valence-electron chi connectivity index (χ3n) is 2.78. The van der Waals surface area contributed by atoms with Crippen molar-refractivity contribution in [3.63, 3.8) is 0 Å². The molecule has 3 nitrogen and oxygen atoms in total. The standard InChI is InChI=1S/C12H12F3NO2/c1-16(11(17)7-2-3-7)8-4-5-10(9(13)6-8)18-12(14)15/h4-7,12H,2-3H2,1H3. The van der Waals surface area contributed by atoms with E-state index in [9.17, 15) is 18.0 Å². The first-order valence-electron chi connectivity index (χ1n) is 5.51. The summed E-state index contributed by atoms with van der Waals surface area (Å²) in [5.74, 6) is -1.52. The molecule has 0 heterocycles. The van der Waals surface area contributed by atoms with Crippen molar-refractivity contribution >= 4 is 11.6 Å². The number of hydrogen-bond acceptors (Lipinski definition) is 2. The molecule has 0 aliphatic heterocycles. The number of alkyl halides is 2. The van der Waals surface area contributed by atoms with Gasteiger partial charge >= 0.3 is 6.61 Å². The number of ether oxygens (including phenoxy) is 1. The lowest BCUT2D eigenvalue weighted by atomic mass is 10.2. The van der Waals surface area contributed by atoms with Crippen molar-refractivity contribution in [2.24, 2.45) is 5.92 Å². The molecule has 98 valence electrons. The molecule has 1 amide bonds. The first-order chi connectivity index (χ1) is 8.49. The fraction of sp³-hybridized carbons (Fsp3) is 0.417. The summed E-state index contributed by atoms with van der Waals surface area (Å²) in [5, 5.41) is 0. The average molecular weight is 259 g/mol. The van der Waals surface area contributed by atoms with E-state index in [4.69, 9.17) is 0 Å². The Morgan fingerprint density at radius 2 is 2.11 bits per heavy atom. The maximum atomic E-state index is 13.5. The molecule has 2 rings (SSSR count). The Labute approximate surface area is 102 Å². The molecule has 0 bridgehead atoms. The van der Waals surface area contributed by atoms with Gasteiger partial charge in [0.15, 0.2) is 11.6 Å². The highest BCUT2D eigenvalue weighted by molar-refractivity contribution is 5.95. The molecule has 0 N–H and O–H groups in total. The van der Waals surface area contributed by atoms with Crippen LogP contribution in [0, 0.1) is 11.7 Å². The first kappa shape index (κ1) is 12.7. The number of carbonyl (C=O) groups excluding carboxylic acids is 1. The lowest BCUT2D eigenvalue weighted by Gasteiger charge is -2.17. The number of amides is 1. The van der Waals surface area contributed by atoms with Gasteiger partial charge in [-0.2, -0.15) is 8.78 Å². The summed E-state index contributed by atoms with van der Waals surface area (Å²) in [6.07, 6.45) is 1.69. The maximum absolute atomic E-state index is 13.5. The average Bonchev–Trinajstić information content (AvgIpc) is 3.13. The largest absolute Gasteiger partial charge is 0.432 e. The Kier molecular flexibility index (Phi) is 3.45. The molecule has 1 aliphatic carbocycles. The molecule has 18 heavy (non-hydrogen) atoms. The lowest BCUT2D eigenvalue weighted by Crippen LogP contribution is -2.27. The summed E-state index contributed by atoms with van der Waals surface area (Å²) in [7, 11) is 1.53. The quantitative estimate of drug-likeness (QED) is 0.832. The van der Waals surface area contributed by atoms with E-state index in [1.54, 1.807) is 0 Å². The summed E-state index contributed by atoms with van der Waals surface area (Å²) in [6, 6.07) is 3.48. The third kappa shape index (κ3) is 2.75. The molecule has 0 atom stereocenters. The molecule has 1 saturated carbocycles. The molecule has 6 heteroatoms. The molecular weight excluding hydrogens is 247 g/mol. The Morgan fingerprint density at radius 1 is 1.44 bits per heavy atom. The number of rotatable bonds is 4. The molecule has 0 aromatic heterocycles. The summed E-state index contributed by atoms with van der Waals surface area (Å²) < 4.78 is 41.3. The smallest absolute Gasteiger partial charge is 0.387 e. The van der Waals surface area contributed by atoms with Gasteiger partial charge in [0.05, 0.1) is 0 Å². The summed E-state index contributed by atoms with van der Waals surface area (Å²) in [6.45, 7) is -3.07. The van der Waals surface area contributed by atoms with Crippen LogP contribution in [-0.4, -0.2) is 19.6 Å². The van der Waals surface area contributed by atoms with Crippen LogP contribution in [0.1, 0.15) is 12.8 Å². The summed E-state index contributed by atoms with van der Waals surface area (Å²) >= 11 is 0. The molecule has 1 fully saturated rings. The summed E-state index contributed by atoms with van der Waals surface area (Å²) in [4.78, 5) is 13.1. The van der Waals surface area contributed by atoms with Crippen molar-refractivity contribution < 1.29 is 22.7 Å². The molecule has 1 aromatic carbocycles. The van der Waals surface area contributed by atoms with Crippen molar-refractivity contribution in [2.45, 2.75) is 19.5 Å². The van der Waals surface area contributed by atoms with Gasteiger partial charge in [-0.05, 0) is 25.0 Å². The van der Waals surface area contributed by atoms with Crippen LogP contribution in [0.5, 0.6) is 5.75 Å². The van der Waals surface area contributed by atoms with E-state index in [2.05, 4.69) is 4.74 Å². The van der Waals surface area contributed by atoms with Gasteiger partial charge in [-0.3, -0.25) is 4.79 Å². The van der Waals surface area contributed by atoms with Crippen LogP contribution < -0.4 is 9.64 Å². The number of anilines is 1. The third-order valence-corrected chi connectivity index (χ3v) is 2.78. The first-order valence-corrected chi connectivity index (χ1v) is 5.51. The lowest BCUT2D eigenvalue weighted by molar-refractivity contribution is -0.119. The van der Waals surface area contributed by atoms with Gasteiger partial charge in [0.25, 0.3) is 0 Å². The Balaban J connectivity index is 2.14. The number of hydrogen-bond donors (Lipinski definition) is 0. The van der Waals surface area contributed by atoms with Crippen LogP contribution in [0.4, 0.5) is 18.9 Å². The van der Waals surface area contributed by atoms with Gasteiger partial charge in [-0.25, -0.2) is 4.39 Å². The van der Waals surface area contributed by atoms with Crippen LogP contribution in [0.15, 0.2) is 18.2 Å². The van der Waals surface area contributed by atoms with E-state index in [0.29, 0.717) is 5.69 Å². The van der Waals surface area contributed by atoms with Gasteiger partial charge in [0.1, 0.15) is 0 Å². The minimum absolute atomic E-state index is 0.00931. The second-order valence-electron chi connectivity index (χ2n) is 4.16. The normalized spacial score (nSPS) is 14.7. The second-order valence-corrected chi connectivity index (χ2v) is 4.16. The highest BCUT2D eigenvalue weighted by atomic mass is 19.3. The number of nitrogens with zero attached hydrogens (tertiary/aromatic N) is 1. The van der Waals surface area contributed by atoms with E-state index < -0.39 is 18.2 Å². The Morgan fingerprint density at radius 3 is 2.61 bits per heavy atom. The predicted octanol–water partition coefficient (Wildman–Crippen LogP) is 2.80. The van der Waals surface area contributed by atoms with Gasteiger partial charge in [-0.15, -0.1) is 0 Å². The SMILES string of the molecule is CN(C(=O)C1CC1)c1ccc(OC(F)F)c(F)c1. The van der Waals surface area contributed by atoms with E-state index in [-0.39, 0.29) is 11.8 Å². The van der Waals surface area contributed by atoms with Crippen molar-refractivity contribution in [1.29, 1.82) is 0 Å². The highest BCUT2D eigenvalue weighted by Crippen LogP contribution is 2.33. The maximum Gasteiger partial charge on any atom is 0.387 e. The van der Waals surface area contributed by atoms with Crippen molar-refractivity contribution in [3.05, 3.63) is 24.0 Å². The topological polar surface area (TPSA) is 29.5 Å². The van der Waals surface area contributed by atoms with Gasteiger partial charge in [-0.1, -0.05) is 0 Å². The minimum atomic E-state index is -3.07. The van der Waals surface area contributed by atoms with Gasteiger partial charge in [0, 0.05) is 24.7 Å². The number of benzene rings is 1. The molecule has 1 aromatic rings. The second kappa shape index (κ2) is 4.88. The van der Waals surface area contributed by atoms with E-state index >= 15 is 0 Å². The zero-order chi connectivity index (χ0) is 13.3. The van der Waals surface area contributed by atoms with Crippen LogP contribution in [0.2, 0.25) is 0 Å². The predicted molar refractivity (Wildman–Crippen MR) is 59.2 cm³/mol. The summed E-state index contributed by atoms with van der Waals surface area (Å²) in [5.41, 5.74) is 0.325. The van der Waals surface area contributed by atoms with Crippen molar-refractivity contribution in [2.75, 3.05) is 11.9 Å². The molecule has 0 unspecified atom stereocenters. The molecule has 0 radical (unpaired) electrons.